The highest BCUT2D eigenvalue weighted by Gasteiger charge is 2.37. The molecule has 2 aromatic rings. The fraction of sp³-hybridized carbons (Fsp3) is 0.300. The van der Waals surface area contributed by atoms with Crippen LogP contribution in [0.15, 0.2) is 42.5 Å². The molecule has 1 unspecified atom stereocenters. The van der Waals surface area contributed by atoms with Gasteiger partial charge in [0, 0.05) is 5.56 Å². The molecule has 2 N–H and O–H groups in total. The minimum atomic E-state index is -0.525. The van der Waals surface area contributed by atoms with Gasteiger partial charge >= 0.3 is 0 Å². The number of rotatable bonds is 5. The number of nitrogens with one attached hydrogen (secondary N) is 1. The topological polar surface area (TPSA) is 82.3 Å². The Morgan fingerprint density at radius 3 is 2.73 bits per heavy atom. The van der Waals surface area contributed by atoms with E-state index in [9.17, 15) is 19.6 Å². The van der Waals surface area contributed by atoms with Crippen molar-refractivity contribution in [1.29, 1.82) is 5.26 Å². The van der Waals surface area contributed by atoms with Crippen LogP contribution in [0.5, 0.6) is 5.75 Å². The Balaban J connectivity index is 1.94. The summed E-state index contributed by atoms with van der Waals surface area (Å²) >= 11 is 0. The number of hydrogen-bond donors (Lipinski definition) is 2. The van der Waals surface area contributed by atoms with Gasteiger partial charge in [-0.25, -0.2) is 4.39 Å². The highest BCUT2D eigenvalue weighted by molar-refractivity contribution is 5.96. The van der Waals surface area contributed by atoms with Crippen LogP contribution in [0.3, 0.4) is 0 Å². The van der Waals surface area contributed by atoms with Crippen molar-refractivity contribution in [1.82, 2.24) is 5.32 Å². The monoisotopic (exact) mass is 354 g/mol. The number of ether oxygens (including phenoxy) is 1. The number of amides is 1. The second kappa shape index (κ2) is 7.54. The summed E-state index contributed by atoms with van der Waals surface area (Å²) in [5.41, 5.74) is 1.05. The lowest BCUT2D eigenvalue weighted by Crippen LogP contribution is -2.41. The summed E-state index contributed by atoms with van der Waals surface area (Å²) in [4.78, 5) is 12.8. The Morgan fingerprint density at radius 2 is 2.08 bits per heavy atom. The average Bonchev–Trinajstić information content (AvgIpc) is 2.63. The number of aliphatic hydroxyl groups excluding tert-OH is 1. The van der Waals surface area contributed by atoms with Crippen molar-refractivity contribution in [3.8, 4) is 11.8 Å². The van der Waals surface area contributed by atoms with Gasteiger partial charge in [0.2, 0.25) is 0 Å². The van der Waals surface area contributed by atoms with E-state index < -0.39 is 23.9 Å². The minimum absolute atomic E-state index is 0.0427. The number of hydrogen-bond acceptors (Lipinski definition) is 4. The second-order valence-electron chi connectivity index (χ2n) is 6.38. The molecule has 1 aliphatic carbocycles. The molecule has 3 rings (SSSR count). The average molecular weight is 354 g/mol. The van der Waals surface area contributed by atoms with E-state index in [4.69, 9.17) is 4.74 Å². The summed E-state index contributed by atoms with van der Waals surface area (Å²) in [6.45, 7) is 0. The van der Waals surface area contributed by atoms with Gasteiger partial charge in [-0.2, -0.15) is 5.26 Å². The molecule has 26 heavy (non-hydrogen) atoms. The lowest BCUT2D eigenvalue weighted by molar-refractivity contribution is 0.0231. The maximum Gasteiger partial charge on any atom is 0.253 e. The summed E-state index contributed by atoms with van der Waals surface area (Å²) < 4.78 is 19.2. The first-order valence-electron chi connectivity index (χ1n) is 8.35. The number of benzene rings is 2. The molecule has 2 aromatic carbocycles. The number of nitriles is 1. The highest BCUT2D eigenvalue weighted by atomic mass is 19.1. The molecular formula is C20H19FN2O3. The fourth-order valence-electron chi connectivity index (χ4n) is 3.30. The number of carbonyl (C=O) groups excluding carboxylic acids is 1. The van der Waals surface area contributed by atoms with Crippen LogP contribution in [0.25, 0.3) is 0 Å². The Hall–Kier alpha value is -2.91. The Kier molecular flexibility index (Phi) is 5.19. The predicted octanol–water partition coefficient (Wildman–Crippen LogP) is 2.95. The molecule has 0 heterocycles. The highest BCUT2D eigenvalue weighted by Crippen LogP contribution is 2.41. The van der Waals surface area contributed by atoms with Crippen LogP contribution in [-0.4, -0.2) is 24.2 Å². The zero-order chi connectivity index (χ0) is 18.7. The van der Waals surface area contributed by atoms with E-state index in [0.717, 1.165) is 0 Å². The third kappa shape index (κ3) is 3.53. The summed E-state index contributed by atoms with van der Waals surface area (Å²) in [7, 11) is 1.48. The molecule has 0 bridgehead atoms. The third-order valence-electron chi connectivity index (χ3n) is 4.73. The quantitative estimate of drug-likeness (QED) is 0.865. The number of methoxy groups -OCH3 is 1. The predicted molar refractivity (Wildman–Crippen MR) is 93.0 cm³/mol. The number of carbonyl (C=O) groups is 1. The molecule has 0 spiro atoms. The van der Waals surface area contributed by atoms with E-state index in [0.29, 0.717) is 24.2 Å². The molecule has 1 amide bonds. The molecule has 1 saturated carbocycles. The van der Waals surface area contributed by atoms with Crippen molar-refractivity contribution in [2.24, 2.45) is 5.92 Å². The van der Waals surface area contributed by atoms with Crippen molar-refractivity contribution >= 4 is 5.91 Å². The standard InChI is InChI=1S/C20H19FN2O3/c1-26-18-7-6-14(21)10-17(18)19(13-8-15(24)9-13)23-20(25)16-5-3-2-4-12(16)11-22/h2-7,10,13,15,19,24H,8-9H2,1H3,(H,23,25). The van der Waals surface area contributed by atoms with Crippen molar-refractivity contribution in [2.75, 3.05) is 7.11 Å². The second-order valence-corrected chi connectivity index (χ2v) is 6.38. The van der Waals surface area contributed by atoms with Gasteiger partial charge < -0.3 is 15.2 Å². The molecule has 1 aliphatic rings. The van der Waals surface area contributed by atoms with Gasteiger partial charge in [0.05, 0.1) is 36.5 Å². The normalized spacial score (nSPS) is 19.8. The summed E-state index contributed by atoms with van der Waals surface area (Å²) in [5, 5.41) is 21.8. The number of nitrogens with zero attached hydrogens (tertiary/aromatic N) is 1. The van der Waals surface area contributed by atoms with Crippen LogP contribution in [0, 0.1) is 23.1 Å². The smallest absolute Gasteiger partial charge is 0.253 e. The van der Waals surface area contributed by atoms with Crippen LogP contribution in [0.2, 0.25) is 0 Å². The van der Waals surface area contributed by atoms with Gasteiger partial charge in [0.1, 0.15) is 11.6 Å². The fourth-order valence-corrected chi connectivity index (χ4v) is 3.30. The first-order valence-corrected chi connectivity index (χ1v) is 8.35. The summed E-state index contributed by atoms with van der Waals surface area (Å²) in [5.74, 6) is -0.428. The van der Waals surface area contributed by atoms with Gasteiger partial charge in [-0.1, -0.05) is 12.1 Å². The van der Waals surface area contributed by atoms with Crippen molar-refractivity contribution < 1.29 is 19.0 Å². The summed E-state index contributed by atoms with van der Waals surface area (Å²) in [6, 6.07) is 12.1. The maximum absolute atomic E-state index is 13.8. The van der Waals surface area contributed by atoms with Gasteiger partial charge in [0.15, 0.2) is 0 Å². The van der Waals surface area contributed by atoms with Gasteiger partial charge in [-0.05, 0) is 49.1 Å². The van der Waals surface area contributed by atoms with E-state index in [1.807, 2.05) is 6.07 Å². The first kappa shape index (κ1) is 17.9. The Labute approximate surface area is 151 Å². The Bertz CT molecular complexity index is 856. The lowest BCUT2D eigenvalue weighted by Gasteiger charge is -2.38. The molecule has 134 valence electrons. The molecule has 1 atom stereocenters. The van der Waals surface area contributed by atoms with E-state index >= 15 is 0 Å². The SMILES string of the molecule is COc1ccc(F)cc1C(NC(=O)c1ccccc1C#N)C1CC(O)C1. The molecule has 6 heteroatoms. The lowest BCUT2D eigenvalue weighted by atomic mass is 9.74. The van der Waals surface area contributed by atoms with Crippen molar-refractivity contribution in [2.45, 2.75) is 25.0 Å². The summed E-state index contributed by atoms with van der Waals surface area (Å²) in [6.07, 6.45) is 0.583. The minimum Gasteiger partial charge on any atom is -0.496 e. The third-order valence-corrected chi connectivity index (χ3v) is 4.73. The molecule has 0 aliphatic heterocycles. The first-order chi connectivity index (χ1) is 12.5. The van der Waals surface area contributed by atoms with Gasteiger partial charge in [-0.3, -0.25) is 4.79 Å². The molecule has 0 radical (unpaired) electrons. The molecular weight excluding hydrogens is 335 g/mol. The van der Waals surface area contributed by atoms with Crippen LogP contribution in [0.4, 0.5) is 4.39 Å². The Morgan fingerprint density at radius 1 is 1.35 bits per heavy atom. The molecule has 5 nitrogen and oxygen atoms in total. The van der Waals surface area contributed by atoms with E-state index in [1.165, 1.54) is 25.3 Å². The van der Waals surface area contributed by atoms with Crippen LogP contribution in [0.1, 0.15) is 40.4 Å². The van der Waals surface area contributed by atoms with Crippen LogP contribution < -0.4 is 10.1 Å². The molecule has 1 fully saturated rings. The molecule has 0 saturated heterocycles. The number of halogens is 1. The zero-order valence-corrected chi connectivity index (χ0v) is 14.3. The largest absolute Gasteiger partial charge is 0.496 e. The van der Waals surface area contributed by atoms with Crippen LogP contribution >= 0.6 is 0 Å². The van der Waals surface area contributed by atoms with Crippen LogP contribution in [-0.2, 0) is 0 Å². The number of aliphatic hydroxyl groups is 1. The van der Waals surface area contributed by atoms with Gasteiger partial charge in [0.25, 0.3) is 5.91 Å². The van der Waals surface area contributed by atoms with E-state index in [1.54, 1.807) is 24.3 Å². The van der Waals surface area contributed by atoms with Crippen molar-refractivity contribution in [3.05, 3.63) is 65.0 Å². The molecule has 0 aromatic heterocycles. The van der Waals surface area contributed by atoms with Gasteiger partial charge in [-0.15, -0.1) is 0 Å². The van der Waals surface area contributed by atoms with E-state index in [2.05, 4.69) is 5.32 Å². The zero-order valence-electron chi connectivity index (χ0n) is 14.3. The van der Waals surface area contributed by atoms with E-state index in [-0.39, 0.29) is 17.0 Å². The maximum atomic E-state index is 13.8. The van der Waals surface area contributed by atoms with Crippen molar-refractivity contribution in [3.63, 3.8) is 0 Å².